The Morgan fingerprint density at radius 2 is 2.21 bits per heavy atom. The maximum absolute atomic E-state index is 12.2. The van der Waals surface area contributed by atoms with Gasteiger partial charge in [-0.25, -0.2) is 0 Å². The molecule has 2 heterocycles. The van der Waals surface area contributed by atoms with Gasteiger partial charge >= 0.3 is 0 Å². The Hall–Kier alpha value is -0.610. The van der Waals surface area contributed by atoms with Crippen LogP contribution in [-0.2, 0) is 9.53 Å². The molecule has 0 radical (unpaired) electrons. The highest BCUT2D eigenvalue weighted by Gasteiger charge is 2.29. The molecule has 0 aromatic heterocycles. The van der Waals surface area contributed by atoms with Crippen LogP contribution >= 0.6 is 0 Å². The van der Waals surface area contributed by atoms with E-state index in [-0.39, 0.29) is 24.0 Å². The van der Waals surface area contributed by atoms with Crippen molar-refractivity contribution in [1.29, 1.82) is 0 Å². The topological polar surface area (TPSA) is 49.8 Å². The van der Waals surface area contributed by atoms with E-state index < -0.39 is 0 Å². The van der Waals surface area contributed by atoms with Gasteiger partial charge in [-0.2, -0.15) is 0 Å². The van der Waals surface area contributed by atoms with Crippen molar-refractivity contribution in [2.45, 2.75) is 64.1 Å². The third-order valence-corrected chi connectivity index (χ3v) is 4.53. The molecule has 2 aliphatic rings. The lowest BCUT2D eigenvalue weighted by atomic mass is 9.92. The molecule has 0 spiro atoms. The van der Waals surface area contributed by atoms with Crippen molar-refractivity contribution in [2.24, 2.45) is 5.92 Å². The minimum atomic E-state index is -0.226. The first kappa shape index (κ1) is 14.8. The van der Waals surface area contributed by atoms with Crippen molar-refractivity contribution in [1.82, 2.24) is 4.90 Å². The molecule has 0 saturated carbocycles. The van der Waals surface area contributed by atoms with E-state index in [1.165, 1.54) is 6.42 Å². The zero-order valence-electron chi connectivity index (χ0n) is 12.0. The van der Waals surface area contributed by atoms with Crippen LogP contribution in [0, 0.1) is 5.92 Å². The van der Waals surface area contributed by atoms with E-state index >= 15 is 0 Å². The number of amides is 1. The van der Waals surface area contributed by atoms with Crippen LogP contribution in [0.5, 0.6) is 0 Å². The summed E-state index contributed by atoms with van der Waals surface area (Å²) in [6.07, 6.45) is 6.67. The highest BCUT2D eigenvalue weighted by atomic mass is 16.5. The minimum Gasteiger partial charge on any atom is -0.393 e. The van der Waals surface area contributed by atoms with Gasteiger partial charge in [-0.1, -0.05) is 6.92 Å². The molecule has 3 unspecified atom stereocenters. The van der Waals surface area contributed by atoms with Gasteiger partial charge in [0, 0.05) is 32.0 Å². The Kier molecular flexibility index (Phi) is 5.64. The average molecular weight is 269 g/mol. The molecular formula is C15H27NO3. The van der Waals surface area contributed by atoms with Crippen molar-refractivity contribution >= 4 is 5.91 Å². The predicted molar refractivity (Wildman–Crippen MR) is 73.8 cm³/mol. The molecule has 1 N–H and O–H groups in total. The molecule has 2 fully saturated rings. The fourth-order valence-electron chi connectivity index (χ4n) is 3.13. The first-order valence-corrected chi connectivity index (χ1v) is 7.78. The molecule has 1 amide bonds. The summed E-state index contributed by atoms with van der Waals surface area (Å²) in [7, 11) is 0. The van der Waals surface area contributed by atoms with Gasteiger partial charge in [0.2, 0.25) is 5.91 Å². The fourth-order valence-corrected chi connectivity index (χ4v) is 3.13. The van der Waals surface area contributed by atoms with Crippen LogP contribution in [0.15, 0.2) is 0 Å². The number of piperidine rings is 1. The van der Waals surface area contributed by atoms with Gasteiger partial charge in [0.1, 0.15) is 0 Å². The van der Waals surface area contributed by atoms with Crippen LogP contribution in [0.2, 0.25) is 0 Å². The van der Waals surface area contributed by atoms with Crippen molar-refractivity contribution < 1.29 is 14.6 Å². The monoisotopic (exact) mass is 269 g/mol. The molecule has 4 nitrogen and oxygen atoms in total. The molecule has 110 valence electrons. The normalized spacial score (nSPS) is 32.3. The van der Waals surface area contributed by atoms with E-state index in [9.17, 15) is 9.90 Å². The van der Waals surface area contributed by atoms with E-state index in [0.717, 1.165) is 45.3 Å². The van der Waals surface area contributed by atoms with E-state index in [4.69, 9.17) is 4.74 Å². The number of aliphatic hydroxyl groups excluding tert-OH is 1. The summed E-state index contributed by atoms with van der Waals surface area (Å²) in [4.78, 5) is 14.1. The van der Waals surface area contributed by atoms with Crippen molar-refractivity contribution in [3.63, 3.8) is 0 Å². The minimum absolute atomic E-state index is 0.226. The molecule has 2 saturated heterocycles. The van der Waals surface area contributed by atoms with Gasteiger partial charge in [0.25, 0.3) is 0 Å². The highest BCUT2D eigenvalue weighted by Crippen LogP contribution is 2.22. The SMILES string of the molecule is CCC1CN(C(=O)CCC2CCCCO2)CCC1O. The van der Waals surface area contributed by atoms with Gasteiger partial charge in [0.05, 0.1) is 12.2 Å². The molecule has 19 heavy (non-hydrogen) atoms. The number of hydrogen-bond acceptors (Lipinski definition) is 3. The zero-order valence-corrected chi connectivity index (χ0v) is 12.0. The lowest BCUT2D eigenvalue weighted by Crippen LogP contribution is -2.45. The Labute approximate surface area is 116 Å². The molecule has 0 aromatic carbocycles. The van der Waals surface area contributed by atoms with Crippen LogP contribution < -0.4 is 0 Å². The van der Waals surface area contributed by atoms with Crippen LogP contribution in [0.3, 0.4) is 0 Å². The number of carbonyl (C=O) groups excluding carboxylic acids is 1. The Balaban J connectivity index is 1.73. The van der Waals surface area contributed by atoms with Crippen LogP contribution in [0.1, 0.15) is 51.9 Å². The molecular weight excluding hydrogens is 242 g/mol. The van der Waals surface area contributed by atoms with Crippen molar-refractivity contribution in [3.8, 4) is 0 Å². The van der Waals surface area contributed by atoms with E-state index in [0.29, 0.717) is 13.0 Å². The fraction of sp³-hybridized carbons (Fsp3) is 0.933. The maximum atomic E-state index is 12.2. The third-order valence-electron chi connectivity index (χ3n) is 4.53. The van der Waals surface area contributed by atoms with Crippen LogP contribution in [-0.4, -0.2) is 47.8 Å². The summed E-state index contributed by atoms with van der Waals surface area (Å²) in [5.41, 5.74) is 0. The summed E-state index contributed by atoms with van der Waals surface area (Å²) in [6.45, 7) is 4.37. The first-order chi connectivity index (χ1) is 9.20. The van der Waals surface area contributed by atoms with E-state index in [2.05, 4.69) is 6.92 Å². The van der Waals surface area contributed by atoms with E-state index in [1.54, 1.807) is 0 Å². The Morgan fingerprint density at radius 1 is 1.37 bits per heavy atom. The molecule has 0 bridgehead atoms. The lowest BCUT2D eigenvalue weighted by molar-refractivity contribution is -0.136. The number of likely N-dealkylation sites (tertiary alicyclic amines) is 1. The second kappa shape index (κ2) is 7.25. The summed E-state index contributed by atoms with van der Waals surface area (Å²) in [5.74, 6) is 0.489. The number of rotatable bonds is 4. The van der Waals surface area contributed by atoms with Crippen LogP contribution in [0.25, 0.3) is 0 Å². The largest absolute Gasteiger partial charge is 0.393 e. The highest BCUT2D eigenvalue weighted by molar-refractivity contribution is 5.76. The van der Waals surface area contributed by atoms with Crippen molar-refractivity contribution in [2.75, 3.05) is 19.7 Å². The van der Waals surface area contributed by atoms with E-state index in [1.807, 2.05) is 4.90 Å². The molecule has 3 atom stereocenters. The predicted octanol–water partition coefficient (Wildman–Crippen LogP) is 1.96. The number of ether oxygens (including phenoxy) is 1. The molecule has 4 heteroatoms. The molecule has 0 aromatic rings. The summed E-state index contributed by atoms with van der Waals surface area (Å²) >= 11 is 0. The third kappa shape index (κ3) is 4.18. The Morgan fingerprint density at radius 3 is 2.89 bits per heavy atom. The summed E-state index contributed by atoms with van der Waals surface area (Å²) < 4.78 is 5.66. The quantitative estimate of drug-likeness (QED) is 0.848. The number of carbonyl (C=O) groups is 1. The average Bonchev–Trinajstić information content (AvgIpc) is 2.46. The smallest absolute Gasteiger partial charge is 0.222 e. The molecule has 2 rings (SSSR count). The summed E-state index contributed by atoms with van der Waals surface area (Å²) in [5, 5.41) is 9.84. The summed E-state index contributed by atoms with van der Waals surface area (Å²) in [6, 6.07) is 0. The van der Waals surface area contributed by atoms with Crippen LogP contribution in [0.4, 0.5) is 0 Å². The van der Waals surface area contributed by atoms with Gasteiger partial charge in [-0.05, 0) is 38.5 Å². The van der Waals surface area contributed by atoms with Gasteiger partial charge in [-0.3, -0.25) is 4.79 Å². The molecule has 2 aliphatic heterocycles. The van der Waals surface area contributed by atoms with Crippen molar-refractivity contribution in [3.05, 3.63) is 0 Å². The number of aliphatic hydroxyl groups is 1. The first-order valence-electron chi connectivity index (χ1n) is 7.78. The molecule has 0 aliphatic carbocycles. The number of hydrogen-bond donors (Lipinski definition) is 1. The maximum Gasteiger partial charge on any atom is 0.222 e. The second-order valence-corrected chi connectivity index (χ2v) is 5.89. The Bertz CT molecular complexity index is 289. The lowest BCUT2D eigenvalue weighted by Gasteiger charge is -2.36. The van der Waals surface area contributed by atoms with Gasteiger partial charge in [-0.15, -0.1) is 0 Å². The van der Waals surface area contributed by atoms with Gasteiger partial charge in [0.15, 0.2) is 0 Å². The zero-order chi connectivity index (χ0) is 13.7. The van der Waals surface area contributed by atoms with Gasteiger partial charge < -0.3 is 14.7 Å². The second-order valence-electron chi connectivity index (χ2n) is 5.89. The number of nitrogens with zero attached hydrogens (tertiary/aromatic N) is 1. The standard InChI is InChI=1S/C15H27NO3/c1-2-12-11-16(9-8-14(12)17)15(18)7-6-13-5-3-4-10-19-13/h12-14,17H,2-11H2,1H3.